The number of aryl methyl sites for hydroxylation is 1. The number of carbonyl (C=O) groups excluding carboxylic acids is 1. The number of amides is 1. The molecule has 186 valence electrons. The number of halogens is 2. The summed E-state index contributed by atoms with van der Waals surface area (Å²) in [4.78, 5) is 28.4. The zero-order chi connectivity index (χ0) is 25.6. The topological polar surface area (TPSA) is 120 Å². The van der Waals surface area contributed by atoms with Gasteiger partial charge in [0, 0.05) is 43.8 Å². The number of rotatable bonds is 5. The summed E-state index contributed by atoms with van der Waals surface area (Å²) >= 11 is 0. The number of nitrogens with zero attached hydrogens (tertiary/aromatic N) is 5. The third kappa shape index (κ3) is 3.85. The highest BCUT2D eigenvalue weighted by Gasteiger charge is 2.27. The lowest BCUT2D eigenvalue weighted by atomic mass is 10.1. The first-order valence-corrected chi connectivity index (χ1v) is 11.2. The Morgan fingerprint density at radius 2 is 2.00 bits per heavy atom. The molecule has 10 nitrogen and oxygen atoms in total. The number of ether oxygens (including phenoxy) is 1. The molecule has 1 amide bonds. The molecule has 1 aliphatic heterocycles. The molecule has 4 aromatic rings. The number of nitrogens with one attached hydrogen (secondary N) is 1. The van der Waals surface area contributed by atoms with E-state index in [1.165, 1.54) is 48.5 Å². The highest BCUT2D eigenvalue weighted by Crippen LogP contribution is 2.38. The molecule has 0 spiro atoms. The standard InChI is InChI=1S/C24H23F2N7O3/c1-31-20-15(11-29-31)21(32-9-7-13(27)12-32)18(10-17(20)26)30-23(34)14-6-8-28-33(24(14)35)22-16(25)4-3-5-19(22)36-2/h3-6,8,10-11,13H,7,9,12,27H2,1-2H3,(H,30,34). The number of hydrogen-bond acceptors (Lipinski definition) is 7. The van der Waals surface area contributed by atoms with E-state index < -0.39 is 23.1 Å². The number of nitrogens with two attached hydrogens (primary N) is 1. The molecule has 3 N–H and O–H groups in total. The summed E-state index contributed by atoms with van der Waals surface area (Å²) in [5.74, 6) is -2.08. The minimum absolute atomic E-state index is 0.0684. The van der Waals surface area contributed by atoms with Gasteiger partial charge in [0.05, 0.1) is 24.7 Å². The number of para-hydroxylation sites is 1. The van der Waals surface area contributed by atoms with Crippen molar-refractivity contribution in [2.24, 2.45) is 12.8 Å². The van der Waals surface area contributed by atoms with Crippen LogP contribution in [0.25, 0.3) is 16.6 Å². The average Bonchev–Trinajstić information content (AvgIpc) is 3.45. The fourth-order valence-corrected chi connectivity index (χ4v) is 4.53. The molecular weight excluding hydrogens is 472 g/mol. The van der Waals surface area contributed by atoms with E-state index >= 15 is 4.39 Å². The van der Waals surface area contributed by atoms with E-state index in [2.05, 4.69) is 15.5 Å². The third-order valence-electron chi connectivity index (χ3n) is 6.21. The Labute approximate surface area is 203 Å². The van der Waals surface area contributed by atoms with Gasteiger partial charge in [-0.2, -0.15) is 14.9 Å². The summed E-state index contributed by atoms with van der Waals surface area (Å²) in [6.07, 6.45) is 3.46. The van der Waals surface area contributed by atoms with Crippen molar-refractivity contribution in [1.29, 1.82) is 0 Å². The fourth-order valence-electron chi connectivity index (χ4n) is 4.53. The number of aromatic nitrogens is 4. The summed E-state index contributed by atoms with van der Waals surface area (Å²) in [5.41, 5.74) is 5.69. The molecule has 1 fully saturated rings. The van der Waals surface area contributed by atoms with Gasteiger partial charge in [0.25, 0.3) is 11.5 Å². The van der Waals surface area contributed by atoms with Crippen molar-refractivity contribution in [3.8, 4) is 11.4 Å². The Balaban J connectivity index is 1.59. The molecule has 0 bridgehead atoms. The van der Waals surface area contributed by atoms with Crippen LogP contribution in [-0.2, 0) is 7.05 Å². The van der Waals surface area contributed by atoms with E-state index in [4.69, 9.17) is 10.5 Å². The van der Waals surface area contributed by atoms with Gasteiger partial charge >= 0.3 is 0 Å². The van der Waals surface area contributed by atoms with Crippen molar-refractivity contribution in [2.75, 3.05) is 30.4 Å². The first-order chi connectivity index (χ1) is 17.3. The summed E-state index contributed by atoms with van der Waals surface area (Å²) in [5, 5.41) is 11.3. The minimum atomic E-state index is -0.869. The highest BCUT2D eigenvalue weighted by molar-refractivity contribution is 6.09. The second kappa shape index (κ2) is 9.04. The summed E-state index contributed by atoms with van der Waals surface area (Å²) in [7, 11) is 2.95. The highest BCUT2D eigenvalue weighted by atomic mass is 19.1. The molecule has 2 aromatic carbocycles. The van der Waals surface area contributed by atoms with Gasteiger partial charge in [-0.05, 0) is 24.6 Å². The molecule has 0 radical (unpaired) electrons. The van der Waals surface area contributed by atoms with E-state index in [-0.39, 0.29) is 34.2 Å². The fraction of sp³-hybridized carbons (Fsp3) is 0.250. The van der Waals surface area contributed by atoms with Crippen LogP contribution in [0.2, 0.25) is 0 Å². The van der Waals surface area contributed by atoms with Gasteiger partial charge in [-0.3, -0.25) is 14.3 Å². The number of anilines is 2. The minimum Gasteiger partial charge on any atom is -0.494 e. The van der Waals surface area contributed by atoms with E-state index in [9.17, 15) is 14.0 Å². The molecule has 1 atom stereocenters. The molecule has 12 heteroatoms. The van der Waals surface area contributed by atoms with Gasteiger partial charge in [-0.15, -0.1) is 0 Å². The largest absolute Gasteiger partial charge is 0.494 e. The van der Waals surface area contributed by atoms with Crippen molar-refractivity contribution in [2.45, 2.75) is 12.5 Å². The van der Waals surface area contributed by atoms with Crippen molar-refractivity contribution in [3.63, 3.8) is 0 Å². The normalized spacial score (nSPS) is 15.5. The number of methoxy groups -OCH3 is 1. The van der Waals surface area contributed by atoms with E-state index in [0.717, 1.165) is 17.2 Å². The number of carbonyl (C=O) groups is 1. The van der Waals surface area contributed by atoms with E-state index in [0.29, 0.717) is 24.2 Å². The van der Waals surface area contributed by atoms with Crippen molar-refractivity contribution in [1.82, 2.24) is 19.6 Å². The van der Waals surface area contributed by atoms with Crippen LogP contribution in [0.15, 0.2) is 47.5 Å². The van der Waals surface area contributed by atoms with Gasteiger partial charge in [0.15, 0.2) is 11.6 Å². The van der Waals surface area contributed by atoms with Crippen LogP contribution in [0.3, 0.4) is 0 Å². The maximum atomic E-state index is 15.0. The van der Waals surface area contributed by atoms with E-state index in [1.54, 1.807) is 7.05 Å². The molecule has 0 aliphatic carbocycles. The van der Waals surface area contributed by atoms with Crippen LogP contribution in [0.4, 0.5) is 20.2 Å². The SMILES string of the molecule is COc1cccc(F)c1-n1nccc(C(=O)Nc2cc(F)c3c(cnn3C)c2N2CCC(N)C2)c1=O. The van der Waals surface area contributed by atoms with E-state index in [1.807, 2.05) is 4.90 Å². The zero-order valence-corrected chi connectivity index (χ0v) is 19.5. The van der Waals surface area contributed by atoms with Gasteiger partial charge in [-0.1, -0.05) is 6.07 Å². The molecule has 2 aromatic heterocycles. The summed E-state index contributed by atoms with van der Waals surface area (Å²) in [6, 6.07) is 6.38. The van der Waals surface area contributed by atoms with Gasteiger partial charge < -0.3 is 20.7 Å². The molecule has 3 heterocycles. The van der Waals surface area contributed by atoms with Crippen LogP contribution >= 0.6 is 0 Å². The smallest absolute Gasteiger partial charge is 0.284 e. The lowest BCUT2D eigenvalue weighted by Gasteiger charge is -2.23. The predicted molar refractivity (Wildman–Crippen MR) is 130 cm³/mol. The second-order valence-electron chi connectivity index (χ2n) is 8.49. The second-order valence-corrected chi connectivity index (χ2v) is 8.49. The maximum Gasteiger partial charge on any atom is 0.284 e. The number of benzene rings is 2. The van der Waals surface area contributed by atoms with Gasteiger partial charge in [-0.25, -0.2) is 8.78 Å². The summed E-state index contributed by atoms with van der Waals surface area (Å²) in [6.45, 7) is 1.11. The lowest BCUT2D eigenvalue weighted by molar-refractivity contribution is 0.102. The van der Waals surface area contributed by atoms with Crippen LogP contribution in [-0.4, -0.2) is 51.7 Å². The van der Waals surface area contributed by atoms with Gasteiger partial charge in [0.2, 0.25) is 0 Å². The van der Waals surface area contributed by atoms with Crippen LogP contribution in [0, 0.1) is 11.6 Å². The number of fused-ring (bicyclic) bond motifs is 1. The van der Waals surface area contributed by atoms with Crippen molar-refractivity contribution < 1.29 is 18.3 Å². The maximum absolute atomic E-state index is 15.0. The molecule has 1 aliphatic rings. The average molecular weight is 495 g/mol. The molecule has 36 heavy (non-hydrogen) atoms. The zero-order valence-electron chi connectivity index (χ0n) is 19.5. The quantitative estimate of drug-likeness (QED) is 0.436. The predicted octanol–water partition coefficient (Wildman–Crippen LogP) is 2.20. The van der Waals surface area contributed by atoms with Crippen molar-refractivity contribution >= 4 is 28.2 Å². The third-order valence-corrected chi connectivity index (χ3v) is 6.21. The Kier molecular flexibility index (Phi) is 5.88. The molecule has 1 unspecified atom stereocenters. The van der Waals surface area contributed by atoms with Crippen LogP contribution in [0.1, 0.15) is 16.8 Å². The van der Waals surface area contributed by atoms with Crippen LogP contribution in [0.5, 0.6) is 5.75 Å². The Bertz CT molecular complexity index is 1550. The lowest BCUT2D eigenvalue weighted by Crippen LogP contribution is -2.31. The first kappa shape index (κ1) is 23.4. The molecule has 0 saturated carbocycles. The summed E-state index contributed by atoms with van der Waals surface area (Å²) < 4.78 is 37.0. The number of hydrogen-bond donors (Lipinski definition) is 2. The van der Waals surface area contributed by atoms with Gasteiger partial charge in [0.1, 0.15) is 22.5 Å². The molecule has 1 saturated heterocycles. The Morgan fingerprint density at radius 1 is 1.19 bits per heavy atom. The Hall–Kier alpha value is -4.32. The van der Waals surface area contributed by atoms with Crippen molar-refractivity contribution in [3.05, 3.63) is 70.3 Å². The first-order valence-electron chi connectivity index (χ1n) is 11.2. The Morgan fingerprint density at radius 3 is 2.72 bits per heavy atom. The molecular formula is C24H23F2N7O3. The van der Waals surface area contributed by atoms with Crippen LogP contribution < -0.4 is 26.2 Å². The monoisotopic (exact) mass is 495 g/mol. The molecule has 5 rings (SSSR count).